The summed E-state index contributed by atoms with van der Waals surface area (Å²) in [7, 11) is -0.450. The third-order valence-electron chi connectivity index (χ3n) is 20.0. The third kappa shape index (κ3) is 21.0. The molecule has 0 spiro atoms. The first-order chi connectivity index (χ1) is 42.7. The van der Waals surface area contributed by atoms with Crippen LogP contribution in [0, 0.1) is 17.3 Å². The van der Waals surface area contributed by atoms with Gasteiger partial charge in [0, 0.05) is 25.4 Å². The Hall–Kier alpha value is -3.97. The summed E-state index contributed by atoms with van der Waals surface area (Å²) in [4.78, 5) is 26.3. The number of hydrogen-bond acceptors (Lipinski definition) is 16. The summed E-state index contributed by atoms with van der Waals surface area (Å²) in [6, 6.07) is 26.2. The molecule has 16 nitrogen and oxygen atoms in total. The maximum Gasteiger partial charge on any atom is 0.311 e. The first-order valence-electron chi connectivity index (χ1n) is 33.3. The van der Waals surface area contributed by atoms with Crippen molar-refractivity contribution >= 4 is 37.4 Å². The summed E-state index contributed by atoms with van der Waals surface area (Å²) < 4.78 is 95.5. The van der Waals surface area contributed by atoms with E-state index < -0.39 is 90.9 Å². The molecular weight excluding hydrogens is 1210 g/mol. The second-order valence-electron chi connectivity index (χ2n) is 29.4. The van der Waals surface area contributed by atoms with Gasteiger partial charge >= 0.3 is 5.97 Å². The number of hydrogen-bond donors (Lipinski definition) is 0. The molecule has 5 rings (SSSR count). The minimum Gasteiger partial charge on any atom is -0.497 e. The largest absolute Gasteiger partial charge is 0.497 e. The van der Waals surface area contributed by atoms with Gasteiger partial charge in [-0.1, -0.05) is 119 Å². The van der Waals surface area contributed by atoms with Gasteiger partial charge in [0.05, 0.1) is 90.3 Å². The van der Waals surface area contributed by atoms with Gasteiger partial charge in [-0.3, -0.25) is 9.59 Å². The Morgan fingerprint density at radius 2 is 1.18 bits per heavy atom. The van der Waals surface area contributed by atoms with Crippen molar-refractivity contribution < 1.29 is 75.0 Å². The molecule has 0 saturated carbocycles. The Kier molecular flexibility index (Phi) is 29.1. The Labute approximate surface area is 551 Å². The molecule has 2 heterocycles. The van der Waals surface area contributed by atoms with E-state index in [-0.39, 0.29) is 60.9 Å². The SMILES string of the molecule is C=C(C[C@@H](CO[Si](CC)(CC)CC)O[Si](C)(C)C(C)(C)C)[C@H](OC=O)[C@H]1O[C@@H]([C@H](OCc2ccc(OC)cc2)[C@@]2(OC)C[C@H](O[Si](C)(C)C(C)(C)C)[C@@H](C)[C@@H](CCCCOC(=O)C(C)(C)C)O2)[C@H](C)[C@@H](OCc2ccc(OC)cc2)[C@@H]1OCc1ccc(OC)cc1. The average molecular weight is 1320 g/mol. The van der Waals surface area contributed by atoms with E-state index in [9.17, 15) is 9.59 Å². The zero-order valence-electron chi connectivity index (χ0n) is 59.8. The highest BCUT2D eigenvalue weighted by atomic mass is 28.4. The van der Waals surface area contributed by atoms with E-state index in [4.69, 9.17) is 72.0 Å². The van der Waals surface area contributed by atoms with Gasteiger partial charge in [0.15, 0.2) is 36.8 Å². The first-order valence-corrected chi connectivity index (χ1v) is 41.6. The lowest BCUT2D eigenvalue weighted by Gasteiger charge is -2.56. The van der Waals surface area contributed by atoms with Crippen LogP contribution >= 0.6 is 0 Å². The third-order valence-corrected chi connectivity index (χ3v) is 33.7. The van der Waals surface area contributed by atoms with E-state index in [0.29, 0.717) is 61.6 Å². The zero-order valence-corrected chi connectivity index (χ0v) is 62.8. The van der Waals surface area contributed by atoms with Gasteiger partial charge in [0.1, 0.15) is 35.6 Å². The van der Waals surface area contributed by atoms with Crippen molar-refractivity contribution in [3.63, 3.8) is 0 Å². The van der Waals surface area contributed by atoms with Gasteiger partial charge < -0.3 is 65.4 Å². The molecule has 514 valence electrons. The molecule has 2 aliphatic rings. The van der Waals surface area contributed by atoms with E-state index >= 15 is 0 Å². The molecule has 0 radical (unpaired) electrons. The fourth-order valence-corrected chi connectivity index (χ4v) is 17.0. The highest BCUT2D eigenvalue weighted by Gasteiger charge is 2.61. The van der Waals surface area contributed by atoms with Crippen LogP contribution in [0.3, 0.4) is 0 Å². The predicted octanol–water partition coefficient (Wildman–Crippen LogP) is 16.0. The minimum absolute atomic E-state index is 0.0931. The van der Waals surface area contributed by atoms with E-state index in [1.807, 2.05) is 93.6 Å². The number of unbranched alkanes of at least 4 members (excludes halogenated alkanes) is 1. The molecule has 0 bridgehead atoms. The highest BCUT2D eigenvalue weighted by Crippen LogP contribution is 2.49. The van der Waals surface area contributed by atoms with Crippen LogP contribution in [-0.2, 0) is 80.6 Å². The molecule has 0 aromatic heterocycles. The second-order valence-corrected chi connectivity index (χ2v) is 43.6. The lowest BCUT2D eigenvalue weighted by molar-refractivity contribution is -0.370. The zero-order chi connectivity index (χ0) is 67.8. The van der Waals surface area contributed by atoms with Crippen molar-refractivity contribution in [1.29, 1.82) is 0 Å². The fraction of sp³-hybridized carbons (Fsp3) is 0.694. The van der Waals surface area contributed by atoms with Crippen LogP contribution in [0.1, 0.15) is 146 Å². The van der Waals surface area contributed by atoms with Crippen molar-refractivity contribution in [2.45, 2.75) is 264 Å². The molecule has 12 atom stereocenters. The topological polar surface area (TPSA) is 163 Å². The smallest absolute Gasteiger partial charge is 0.311 e. The van der Waals surface area contributed by atoms with Crippen LogP contribution in [0.2, 0.25) is 54.4 Å². The molecule has 2 saturated heterocycles. The summed E-state index contributed by atoms with van der Waals surface area (Å²) in [5.41, 5.74) is 2.59. The van der Waals surface area contributed by atoms with Crippen LogP contribution < -0.4 is 14.2 Å². The highest BCUT2D eigenvalue weighted by molar-refractivity contribution is 6.75. The molecule has 0 aliphatic carbocycles. The molecule has 0 unspecified atom stereocenters. The van der Waals surface area contributed by atoms with Crippen LogP contribution in [0.15, 0.2) is 84.9 Å². The first kappa shape index (κ1) is 77.7. The molecule has 2 aliphatic heterocycles. The van der Waals surface area contributed by atoms with Crippen LogP contribution in [0.4, 0.5) is 0 Å². The van der Waals surface area contributed by atoms with Gasteiger partial charge in [-0.15, -0.1) is 0 Å². The van der Waals surface area contributed by atoms with Gasteiger partial charge in [-0.05, 0) is 160 Å². The van der Waals surface area contributed by atoms with Crippen LogP contribution in [-0.4, -0.2) is 140 Å². The second kappa shape index (κ2) is 34.1. The summed E-state index contributed by atoms with van der Waals surface area (Å²) in [5.74, 6) is -0.271. The summed E-state index contributed by atoms with van der Waals surface area (Å²) in [5, 5.41) is -0.263. The van der Waals surface area contributed by atoms with Gasteiger partial charge in [0.2, 0.25) is 0 Å². The summed E-state index contributed by atoms with van der Waals surface area (Å²) in [6.45, 7) is 45.4. The molecule has 2 fully saturated rings. The molecule has 19 heteroatoms. The van der Waals surface area contributed by atoms with Gasteiger partial charge in [-0.2, -0.15) is 0 Å². The van der Waals surface area contributed by atoms with Crippen molar-refractivity contribution in [1.82, 2.24) is 0 Å². The Bertz CT molecular complexity index is 2660. The molecule has 3 aromatic rings. The summed E-state index contributed by atoms with van der Waals surface area (Å²) >= 11 is 0. The molecule has 91 heavy (non-hydrogen) atoms. The van der Waals surface area contributed by atoms with Crippen molar-refractivity contribution in [3.05, 3.63) is 102 Å². The van der Waals surface area contributed by atoms with Crippen molar-refractivity contribution in [3.8, 4) is 17.2 Å². The van der Waals surface area contributed by atoms with Crippen molar-refractivity contribution in [2.75, 3.05) is 41.7 Å². The standard InChI is InChI=1S/C72H118O16Si3/c1-24-91(25-2,26-3)84-48-59(87-89(20,21)70(10,11)12)43-50(4)62(83-49-73)66-65(81-46-54-32-38-57(76-17)39-33-54)63(80-45-53-30-36-56(75-16)37-31-53)52(6)64(85-66)67(82-47-55-34-40-58(77-18)41-35-55)72(78-19)44-61(88-90(22,23)71(13,14)15)51(5)60(86-72)29-27-28-42-79-68(74)69(7,8)9/h30-41,49,51-52,59-67H,4,24-29,42-48H2,1-3,5-23H3/t51-,52+,59-,60+,61-,62-,63+,64+,65-,66+,67-,72+/m0/s1. The summed E-state index contributed by atoms with van der Waals surface area (Å²) in [6.07, 6.45) is -4.47. The number of benzene rings is 3. The number of rotatable bonds is 36. The van der Waals surface area contributed by atoms with E-state index in [0.717, 1.165) is 34.8 Å². The molecular formula is C72H118O16Si3. The van der Waals surface area contributed by atoms with Crippen LogP contribution in [0.25, 0.3) is 0 Å². The van der Waals surface area contributed by atoms with E-state index in [1.54, 1.807) is 28.4 Å². The normalized spacial score (nSPS) is 23.8. The Balaban J connectivity index is 1.78. The van der Waals surface area contributed by atoms with Gasteiger partial charge in [0.25, 0.3) is 6.47 Å². The lowest BCUT2D eigenvalue weighted by Crippen LogP contribution is -2.68. The maximum absolute atomic E-state index is 13.4. The van der Waals surface area contributed by atoms with E-state index in [1.165, 1.54) is 0 Å². The molecule has 0 amide bonds. The number of carbonyl (C=O) groups excluding carboxylic acids is 2. The maximum atomic E-state index is 13.4. The Morgan fingerprint density at radius 3 is 1.63 bits per heavy atom. The van der Waals surface area contributed by atoms with Crippen LogP contribution in [0.5, 0.6) is 17.2 Å². The quantitative estimate of drug-likeness (QED) is 0.0177. The lowest BCUT2D eigenvalue weighted by atomic mass is 9.77. The molecule has 3 aromatic carbocycles. The monoisotopic (exact) mass is 1320 g/mol. The number of esters is 1. The van der Waals surface area contributed by atoms with Gasteiger partial charge in [-0.25, -0.2) is 0 Å². The van der Waals surface area contributed by atoms with E-state index in [2.05, 4.69) is 102 Å². The average Bonchev–Trinajstić information content (AvgIpc) is 0.827. The number of carbonyl (C=O) groups is 2. The predicted molar refractivity (Wildman–Crippen MR) is 367 cm³/mol. The number of ether oxygens (including phenoxy) is 11. The molecule has 0 N–H and O–H groups in total. The van der Waals surface area contributed by atoms with Crippen molar-refractivity contribution in [2.24, 2.45) is 17.3 Å². The minimum atomic E-state index is -2.48. The fourth-order valence-electron chi connectivity index (χ4n) is 11.6. The number of methoxy groups -OCH3 is 4. The Morgan fingerprint density at radius 1 is 0.681 bits per heavy atom.